The second kappa shape index (κ2) is 7.23. The zero-order valence-electron chi connectivity index (χ0n) is 11.8. The van der Waals surface area contributed by atoms with Crippen LogP contribution in [-0.2, 0) is 11.3 Å². The van der Waals surface area contributed by atoms with Crippen LogP contribution in [-0.4, -0.2) is 12.5 Å². The normalized spacial score (nSPS) is 18.3. The van der Waals surface area contributed by atoms with Crippen molar-refractivity contribution in [3.8, 4) is 0 Å². The van der Waals surface area contributed by atoms with Crippen LogP contribution in [0.4, 0.5) is 0 Å². The van der Waals surface area contributed by atoms with Gasteiger partial charge in [0, 0.05) is 17.6 Å². The zero-order chi connectivity index (χ0) is 14.4. The minimum Gasteiger partial charge on any atom is -0.352 e. The van der Waals surface area contributed by atoms with Crippen LogP contribution in [0.15, 0.2) is 28.7 Å². The molecule has 1 aliphatic rings. The number of nitrogens with one attached hydrogen (secondary N) is 1. The number of carbonyl (C=O) groups excluding carboxylic acids is 1. The van der Waals surface area contributed by atoms with E-state index in [0.717, 1.165) is 35.7 Å². The van der Waals surface area contributed by atoms with Gasteiger partial charge in [-0.25, -0.2) is 0 Å². The van der Waals surface area contributed by atoms with Crippen LogP contribution in [0, 0.1) is 5.41 Å². The summed E-state index contributed by atoms with van der Waals surface area (Å²) in [4.78, 5) is 12.6. The van der Waals surface area contributed by atoms with E-state index in [9.17, 15) is 4.79 Å². The van der Waals surface area contributed by atoms with Gasteiger partial charge in [0.25, 0.3) is 0 Å². The summed E-state index contributed by atoms with van der Waals surface area (Å²) in [5, 5.41) is 3.08. The van der Waals surface area contributed by atoms with E-state index in [2.05, 4.69) is 21.2 Å². The summed E-state index contributed by atoms with van der Waals surface area (Å²) in [6.07, 6.45) is 6.52. The molecule has 0 bridgehead atoms. The molecule has 1 fully saturated rings. The molecule has 0 saturated heterocycles. The number of amides is 1. The number of hydrogen-bond donors (Lipinski definition) is 2. The molecular formula is C16H23BrN2O. The molecule has 4 heteroatoms. The van der Waals surface area contributed by atoms with Gasteiger partial charge < -0.3 is 11.1 Å². The Hall–Kier alpha value is -0.870. The molecule has 110 valence electrons. The highest BCUT2D eigenvalue weighted by atomic mass is 79.9. The molecule has 1 aliphatic carbocycles. The maximum absolute atomic E-state index is 12.6. The molecule has 0 unspecified atom stereocenters. The maximum Gasteiger partial charge on any atom is 0.227 e. The van der Waals surface area contributed by atoms with Crippen molar-refractivity contribution in [2.24, 2.45) is 11.1 Å². The van der Waals surface area contributed by atoms with Crippen LogP contribution in [0.5, 0.6) is 0 Å². The molecule has 3 N–H and O–H groups in total. The Labute approximate surface area is 129 Å². The smallest absolute Gasteiger partial charge is 0.227 e. The summed E-state index contributed by atoms with van der Waals surface area (Å²) in [7, 11) is 0. The van der Waals surface area contributed by atoms with E-state index < -0.39 is 0 Å². The van der Waals surface area contributed by atoms with Crippen molar-refractivity contribution in [1.82, 2.24) is 5.32 Å². The largest absolute Gasteiger partial charge is 0.352 e. The molecule has 3 nitrogen and oxygen atoms in total. The van der Waals surface area contributed by atoms with Gasteiger partial charge in [-0.1, -0.05) is 53.7 Å². The fourth-order valence-electron chi connectivity index (χ4n) is 2.95. The highest BCUT2D eigenvalue weighted by molar-refractivity contribution is 9.10. The predicted octanol–water partition coefficient (Wildman–Crippen LogP) is 3.36. The number of nitrogens with two attached hydrogens (primary N) is 1. The van der Waals surface area contributed by atoms with E-state index >= 15 is 0 Å². The molecule has 1 amide bonds. The lowest BCUT2D eigenvalue weighted by Crippen LogP contribution is -2.45. The van der Waals surface area contributed by atoms with Gasteiger partial charge in [0.1, 0.15) is 0 Å². The summed E-state index contributed by atoms with van der Waals surface area (Å²) < 4.78 is 1.03. The van der Waals surface area contributed by atoms with Crippen LogP contribution in [0.1, 0.15) is 44.1 Å². The SMILES string of the molecule is NCC1(C(=O)NCc2cccc(Br)c2)CCCCCC1. The van der Waals surface area contributed by atoms with E-state index in [1.54, 1.807) is 0 Å². The molecule has 1 saturated carbocycles. The Morgan fingerprint density at radius 2 is 1.95 bits per heavy atom. The average Bonchev–Trinajstić information content (AvgIpc) is 2.71. The van der Waals surface area contributed by atoms with E-state index in [0.29, 0.717) is 13.1 Å². The van der Waals surface area contributed by atoms with Gasteiger partial charge >= 0.3 is 0 Å². The van der Waals surface area contributed by atoms with E-state index in [1.165, 1.54) is 12.8 Å². The first kappa shape index (κ1) is 15.5. The second-order valence-corrected chi connectivity index (χ2v) is 6.63. The van der Waals surface area contributed by atoms with Crippen LogP contribution >= 0.6 is 15.9 Å². The monoisotopic (exact) mass is 338 g/mol. The minimum atomic E-state index is -0.345. The fourth-order valence-corrected chi connectivity index (χ4v) is 3.39. The van der Waals surface area contributed by atoms with Crippen molar-refractivity contribution >= 4 is 21.8 Å². The average molecular weight is 339 g/mol. The number of rotatable bonds is 4. The summed E-state index contributed by atoms with van der Waals surface area (Å²) in [5.41, 5.74) is 6.69. The Balaban J connectivity index is 1.98. The fraction of sp³-hybridized carbons (Fsp3) is 0.562. The Kier molecular flexibility index (Phi) is 5.61. The van der Waals surface area contributed by atoms with Crippen LogP contribution in [0.3, 0.4) is 0 Å². The van der Waals surface area contributed by atoms with Crippen molar-refractivity contribution in [2.45, 2.75) is 45.1 Å². The third-order valence-electron chi connectivity index (χ3n) is 4.28. The lowest BCUT2D eigenvalue weighted by atomic mass is 9.79. The predicted molar refractivity (Wildman–Crippen MR) is 85.2 cm³/mol. The third kappa shape index (κ3) is 3.83. The van der Waals surface area contributed by atoms with Crippen molar-refractivity contribution in [3.63, 3.8) is 0 Å². The maximum atomic E-state index is 12.6. The Morgan fingerprint density at radius 1 is 1.25 bits per heavy atom. The van der Waals surface area contributed by atoms with Gasteiger partial charge in [-0.3, -0.25) is 4.79 Å². The molecule has 0 radical (unpaired) electrons. The minimum absolute atomic E-state index is 0.127. The lowest BCUT2D eigenvalue weighted by molar-refractivity contribution is -0.131. The van der Waals surface area contributed by atoms with Crippen molar-refractivity contribution in [2.75, 3.05) is 6.54 Å². The first-order valence-electron chi connectivity index (χ1n) is 7.39. The molecule has 0 aliphatic heterocycles. The van der Waals surface area contributed by atoms with Gasteiger partial charge in [0.05, 0.1) is 5.41 Å². The lowest BCUT2D eigenvalue weighted by Gasteiger charge is -2.29. The topological polar surface area (TPSA) is 55.1 Å². The standard InChI is InChI=1S/C16H23BrN2O/c17-14-7-5-6-13(10-14)11-19-15(20)16(12-18)8-3-1-2-4-9-16/h5-7,10H,1-4,8-9,11-12,18H2,(H,19,20). The molecule has 0 spiro atoms. The van der Waals surface area contributed by atoms with E-state index in [1.807, 2.05) is 24.3 Å². The Bertz CT molecular complexity index is 454. The molecule has 0 aromatic heterocycles. The zero-order valence-corrected chi connectivity index (χ0v) is 13.4. The molecule has 2 rings (SSSR count). The van der Waals surface area contributed by atoms with Crippen LogP contribution in [0.2, 0.25) is 0 Å². The van der Waals surface area contributed by atoms with Gasteiger partial charge in [-0.05, 0) is 30.5 Å². The molecule has 0 atom stereocenters. The van der Waals surface area contributed by atoms with Gasteiger partial charge in [0.15, 0.2) is 0 Å². The van der Waals surface area contributed by atoms with Crippen molar-refractivity contribution in [3.05, 3.63) is 34.3 Å². The number of halogens is 1. The van der Waals surface area contributed by atoms with Crippen LogP contribution < -0.4 is 11.1 Å². The first-order valence-corrected chi connectivity index (χ1v) is 8.18. The highest BCUT2D eigenvalue weighted by Crippen LogP contribution is 2.34. The molecule has 0 heterocycles. The number of benzene rings is 1. The highest BCUT2D eigenvalue weighted by Gasteiger charge is 2.36. The van der Waals surface area contributed by atoms with Crippen molar-refractivity contribution in [1.29, 1.82) is 0 Å². The van der Waals surface area contributed by atoms with Gasteiger partial charge in [-0.15, -0.1) is 0 Å². The van der Waals surface area contributed by atoms with Crippen LogP contribution in [0.25, 0.3) is 0 Å². The van der Waals surface area contributed by atoms with Crippen molar-refractivity contribution < 1.29 is 4.79 Å². The summed E-state index contributed by atoms with van der Waals surface area (Å²) >= 11 is 3.45. The quantitative estimate of drug-likeness (QED) is 0.827. The van der Waals surface area contributed by atoms with E-state index in [4.69, 9.17) is 5.73 Å². The Morgan fingerprint density at radius 3 is 2.55 bits per heavy atom. The molecule has 20 heavy (non-hydrogen) atoms. The van der Waals surface area contributed by atoms with Gasteiger partial charge in [0.2, 0.25) is 5.91 Å². The number of hydrogen-bond acceptors (Lipinski definition) is 2. The molecule has 1 aromatic rings. The van der Waals surface area contributed by atoms with Gasteiger partial charge in [-0.2, -0.15) is 0 Å². The molecular weight excluding hydrogens is 316 g/mol. The number of carbonyl (C=O) groups is 1. The second-order valence-electron chi connectivity index (χ2n) is 5.71. The first-order chi connectivity index (χ1) is 9.66. The van der Waals surface area contributed by atoms with E-state index in [-0.39, 0.29) is 11.3 Å². The summed E-state index contributed by atoms with van der Waals surface area (Å²) in [6.45, 7) is 1.03. The molecule has 1 aromatic carbocycles. The summed E-state index contributed by atoms with van der Waals surface area (Å²) in [5.74, 6) is 0.127. The summed E-state index contributed by atoms with van der Waals surface area (Å²) in [6, 6.07) is 8.02. The third-order valence-corrected chi connectivity index (χ3v) is 4.77.